The van der Waals surface area contributed by atoms with Gasteiger partial charge in [0.2, 0.25) is 0 Å². The number of hydrogen-bond donors (Lipinski definition) is 3. The standard InChI is InChI=1S/C18H28N4O4/c1-3-15(13-8-6-5-7-9-13)16(4-2)19-20-17-11-10-14(21(23)24)12-18(17)22(25)26/h10-13,15,20,25-26H,3-9H2,1-2H3/q-2. The normalized spacial score (nSPS) is 17.1. The summed E-state index contributed by atoms with van der Waals surface area (Å²) < 4.78 is 0. The van der Waals surface area contributed by atoms with Crippen molar-refractivity contribution in [1.29, 1.82) is 0 Å². The first-order valence-electron chi connectivity index (χ1n) is 9.26. The Labute approximate surface area is 154 Å². The van der Waals surface area contributed by atoms with E-state index >= 15 is 0 Å². The zero-order valence-corrected chi connectivity index (χ0v) is 15.4. The highest BCUT2D eigenvalue weighted by Crippen LogP contribution is 2.34. The van der Waals surface area contributed by atoms with Gasteiger partial charge in [-0.25, -0.2) is 0 Å². The van der Waals surface area contributed by atoms with Crippen LogP contribution in [0.3, 0.4) is 0 Å². The largest absolute Gasteiger partial charge is 0.769 e. The average Bonchev–Trinajstić information content (AvgIpc) is 2.65. The van der Waals surface area contributed by atoms with E-state index in [0.29, 0.717) is 17.5 Å². The van der Waals surface area contributed by atoms with Crippen molar-refractivity contribution < 1.29 is 10.4 Å². The van der Waals surface area contributed by atoms with Crippen LogP contribution in [0.25, 0.3) is 0 Å². The lowest BCUT2D eigenvalue weighted by Crippen LogP contribution is -2.26. The van der Waals surface area contributed by atoms with Gasteiger partial charge >= 0.3 is 0 Å². The van der Waals surface area contributed by atoms with Gasteiger partial charge in [0.15, 0.2) is 0 Å². The summed E-state index contributed by atoms with van der Waals surface area (Å²) >= 11 is 0. The van der Waals surface area contributed by atoms with Crippen LogP contribution in [0.4, 0.5) is 17.1 Å². The number of rotatable bonds is 8. The molecule has 146 valence electrons. The summed E-state index contributed by atoms with van der Waals surface area (Å²) in [7, 11) is 0. The zero-order chi connectivity index (χ0) is 19.1. The molecule has 0 spiro atoms. The Morgan fingerprint density at radius 3 is 2.46 bits per heavy atom. The van der Waals surface area contributed by atoms with Crippen LogP contribution < -0.4 is 15.9 Å². The van der Waals surface area contributed by atoms with Crippen LogP contribution in [0.15, 0.2) is 23.3 Å². The molecular weight excluding hydrogens is 336 g/mol. The van der Waals surface area contributed by atoms with E-state index in [-0.39, 0.29) is 16.6 Å². The minimum Gasteiger partial charge on any atom is -0.769 e. The number of hydrogen-bond acceptors (Lipinski definition) is 8. The third kappa shape index (κ3) is 5.07. The summed E-state index contributed by atoms with van der Waals surface area (Å²) in [5.41, 5.74) is 3.86. The lowest BCUT2D eigenvalue weighted by molar-refractivity contribution is 0.0295. The van der Waals surface area contributed by atoms with E-state index in [2.05, 4.69) is 24.4 Å². The Morgan fingerprint density at radius 1 is 1.23 bits per heavy atom. The van der Waals surface area contributed by atoms with Crippen LogP contribution in [0.2, 0.25) is 0 Å². The fourth-order valence-electron chi connectivity index (χ4n) is 3.83. The molecule has 8 heteroatoms. The zero-order valence-electron chi connectivity index (χ0n) is 15.4. The molecule has 3 N–H and O–H groups in total. The monoisotopic (exact) mass is 364 g/mol. The van der Waals surface area contributed by atoms with Gasteiger partial charge in [0.05, 0.1) is 5.69 Å². The molecule has 1 aliphatic carbocycles. The number of hydrazone groups is 1. The Morgan fingerprint density at radius 2 is 1.92 bits per heavy atom. The van der Waals surface area contributed by atoms with Crippen molar-refractivity contribution in [3.8, 4) is 0 Å². The summed E-state index contributed by atoms with van der Waals surface area (Å²) in [6.07, 6.45) is 8.09. The van der Waals surface area contributed by atoms with E-state index < -0.39 is 5.23 Å². The third-order valence-electron chi connectivity index (χ3n) is 5.18. The Balaban J connectivity index is 2.21. The van der Waals surface area contributed by atoms with Gasteiger partial charge < -0.3 is 15.6 Å². The average molecular weight is 364 g/mol. The van der Waals surface area contributed by atoms with Gasteiger partial charge in [-0.05, 0) is 49.8 Å². The predicted molar refractivity (Wildman–Crippen MR) is 103 cm³/mol. The molecule has 0 aromatic heterocycles. The molecule has 0 aliphatic heterocycles. The summed E-state index contributed by atoms with van der Waals surface area (Å²) in [5, 5.41) is 44.3. The quantitative estimate of drug-likeness (QED) is 0.445. The molecule has 1 unspecified atom stereocenters. The Hall–Kier alpha value is -1.87. The van der Waals surface area contributed by atoms with E-state index in [0.717, 1.165) is 24.6 Å². The SMILES string of the molecule is CCC(=NNc1ccc(N([O-])[O-])cc1N(O)O)C(CC)C1CCCCC1. The van der Waals surface area contributed by atoms with Crippen LogP contribution >= 0.6 is 0 Å². The van der Waals surface area contributed by atoms with Crippen molar-refractivity contribution in [1.82, 2.24) is 0 Å². The molecule has 2 rings (SSSR count). The number of nitrogens with zero attached hydrogens (tertiary/aromatic N) is 3. The fourth-order valence-corrected chi connectivity index (χ4v) is 3.83. The lowest BCUT2D eigenvalue weighted by Gasteiger charge is -2.38. The Kier molecular flexibility index (Phi) is 7.65. The van der Waals surface area contributed by atoms with Crippen molar-refractivity contribution in [3.63, 3.8) is 0 Å². The van der Waals surface area contributed by atoms with Crippen LogP contribution in [-0.2, 0) is 0 Å². The van der Waals surface area contributed by atoms with E-state index in [1.165, 1.54) is 44.2 Å². The number of anilines is 3. The molecule has 0 saturated heterocycles. The molecular formula is C18H28N4O4-2. The maximum atomic E-state index is 10.9. The molecule has 0 amide bonds. The van der Waals surface area contributed by atoms with Crippen molar-refractivity contribution in [3.05, 3.63) is 28.6 Å². The van der Waals surface area contributed by atoms with Gasteiger partial charge in [-0.2, -0.15) is 5.10 Å². The van der Waals surface area contributed by atoms with Gasteiger partial charge in [-0.1, -0.05) is 33.1 Å². The first-order valence-corrected chi connectivity index (χ1v) is 9.26. The maximum absolute atomic E-state index is 10.9. The highest BCUT2D eigenvalue weighted by Gasteiger charge is 2.25. The van der Waals surface area contributed by atoms with Gasteiger partial charge in [0.1, 0.15) is 5.69 Å². The van der Waals surface area contributed by atoms with E-state index in [1.54, 1.807) is 0 Å². The van der Waals surface area contributed by atoms with Crippen LogP contribution in [0, 0.1) is 22.3 Å². The first kappa shape index (κ1) is 20.4. The highest BCUT2D eigenvalue weighted by molar-refractivity contribution is 5.88. The summed E-state index contributed by atoms with van der Waals surface area (Å²) in [5.74, 6) is 1.03. The van der Waals surface area contributed by atoms with E-state index in [1.807, 2.05) is 0 Å². The van der Waals surface area contributed by atoms with Crippen molar-refractivity contribution in [2.45, 2.75) is 58.8 Å². The van der Waals surface area contributed by atoms with Gasteiger partial charge in [0.25, 0.3) is 0 Å². The smallest absolute Gasteiger partial charge is 0.121 e. The number of benzene rings is 1. The van der Waals surface area contributed by atoms with E-state index in [4.69, 9.17) is 0 Å². The van der Waals surface area contributed by atoms with Gasteiger partial charge in [0, 0.05) is 17.3 Å². The number of nitrogens with one attached hydrogen (secondary N) is 1. The molecule has 1 saturated carbocycles. The van der Waals surface area contributed by atoms with Crippen molar-refractivity contribution in [2.24, 2.45) is 16.9 Å². The Bertz CT molecular complexity index is 601. The van der Waals surface area contributed by atoms with Crippen LogP contribution in [0.1, 0.15) is 58.8 Å². The van der Waals surface area contributed by atoms with Crippen LogP contribution in [-0.4, -0.2) is 16.1 Å². The third-order valence-corrected chi connectivity index (χ3v) is 5.18. The minimum absolute atomic E-state index is 0.121. The molecule has 0 bridgehead atoms. The maximum Gasteiger partial charge on any atom is 0.121 e. The second kappa shape index (κ2) is 9.72. The van der Waals surface area contributed by atoms with Crippen LogP contribution in [0.5, 0.6) is 0 Å². The van der Waals surface area contributed by atoms with Gasteiger partial charge in [-0.15, -0.1) is 5.23 Å². The minimum atomic E-state index is -0.590. The summed E-state index contributed by atoms with van der Waals surface area (Å²) in [6, 6.07) is 3.81. The van der Waals surface area contributed by atoms with Crippen molar-refractivity contribution in [2.75, 3.05) is 15.9 Å². The molecule has 1 atom stereocenters. The van der Waals surface area contributed by atoms with Gasteiger partial charge in [-0.3, -0.25) is 15.8 Å². The summed E-state index contributed by atoms with van der Waals surface area (Å²) in [6.45, 7) is 4.23. The molecule has 1 aliphatic rings. The second-order valence-electron chi connectivity index (χ2n) is 6.73. The summed E-state index contributed by atoms with van der Waals surface area (Å²) in [4.78, 5) is 0. The molecule has 0 radical (unpaired) electrons. The van der Waals surface area contributed by atoms with Crippen molar-refractivity contribution >= 4 is 22.8 Å². The molecule has 1 fully saturated rings. The molecule has 1 aromatic carbocycles. The molecule has 26 heavy (non-hydrogen) atoms. The fraction of sp³-hybridized carbons (Fsp3) is 0.611. The highest BCUT2D eigenvalue weighted by atomic mass is 16.8. The molecule has 1 aromatic rings. The van der Waals surface area contributed by atoms with E-state index in [9.17, 15) is 20.8 Å². The lowest BCUT2D eigenvalue weighted by atomic mass is 9.76. The first-order chi connectivity index (χ1) is 12.5. The topological polar surface area (TPSA) is 117 Å². The molecule has 8 nitrogen and oxygen atoms in total. The predicted octanol–water partition coefficient (Wildman–Crippen LogP) is 4.86. The second-order valence-corrected chi connectivity index (χ2v) is 6.73. The molecule has 0 heterocycles.